The van der Waals surface area contributed by atoms with Crippen LogP contribution in [0.25, 0.3) is 0 Å². The van der Waals surface area contributed by atoms with Gasteiger partial charge in [0.25, 0.3) is 0 Å². The SMILES string of the molecule is O=S(=O)(NC1CCCC1Br)c1ccc(Cl)c(Cl)c1. The number of sulfonamides is 1. The minimum Gasteiger partial charge on any atom is -0.207 e. The van der Waals surface area contributed by atoms with Gasteiger partial charge in [0.1, 0.15) is 0 Å². The summed E-state index contributed by atoms with van der Waals surface area (Å²) in [5, 5.41) is 0.580. The number of hydrogen-bond donors (Lipinski definition) is 1. The van der Waals surface area contributed by atoms with Gasteiger partial charge in [-0.1, -0.05) is 45.6 Å². The quantitative estimate of drug-likeness (QED) is 0.824. The van der Waals surface area contributed by atoms with Crippen LogP contribution in [0.15, 0.2) is 23.1 Å². The van der Waals surface area contributed by atoms with Crippen molar-refractivity contribution >= 4 is 49.2 Å². The number of halogens is 3. The molecule has 0 amide bonds. The van der Waals surface area contributed by atoms with Gasteiger partial charge in [-0.15, -0.1) is 0 Å². The monoisotopic (exact) mass is 371 g/mol. The summed E-state index contributed by atoms with van der Waals surface area (Å²) < 4.78 is 27.0. The van der Waals surface area contributed by atoms with E-state index in [1.165, 1.54) is 18.2 Å². The van der Waals surface area contributed by atoms with Crippen molar-refractivity contribution < 1.29 is 8.42 Å². The topological polar surface area (TPSA) is 46.2 Å². The molecule has 100 valence electrons. The number of benzene rings is 1. The molecule has 0 saturated heterocycles. The third-order valence-electron chi connectivity index (χ3n) is 2.94. The molecule has 1 aliphatic carbocycles. The Balaban J connectivity index is 2.22. The molecule has 1 aromatic carbocycles. The van der Waals surface area contributed by atoms with Gasteiger partial charge in [-0.25, -0.2) is 13.1 Å². The van der Waals surface area contributed by atoms with Gasteiger partial charge in [-0.05, 0) is 31.0 Å². The maximum absolute atomic E-state index is 12.2. The zero-order chi connectivity index (χ0) is 13.3. The second kappa shape index (κ2) is 5.67. The standard InChI is InChI=1S/C11H12BrCl2NO2S/c12-8-2-1-3-11(8)15-18(16,17)7-4-5-9(13)10(14)6-7/h4-6,8,11,15H,1-3H2. The zero-order valence-electron chi connectivity index (χ0n) is 9.37. The van der Waals surface area contributed by atoms with E-state index in [1.54, 1.807) is 0 Å². The molecule has 7 heteroatoms. The third kappa shape index (κ3) is 3.20. The molecule has 0 heterocycles. The first-order valence-corrected chi connectivity index (χ1v) is 8.67. The molecule has 0 aliphatic heterocycles. The predicted molar refractivity (Wildman–Crippen MR) is 77.1 cm³/mol. The van der Waals surface area contributed by atoms with Crippen LogP contribution in [0.3, 0.4) is 0 Å². The lowest BCUT2D eigenvalue weighted by Gasteiger charge is -2.16. The van der Waals surface area contributed by atoms with Gasteiger partial charge in [-0.3, -0.25) is 0 Å². The summed E-state index contributed by atoms with van der Waals surface area (Å²) in [5.74, 6) is 0. The summed E-state index contributed by atoms with van der Waals surface area (Å²) in [5.41, 5.74) is 0. The van der Waals surface area contributed by atoms with Crippen molar-refractivity contribution in [1.29, 1.82) is 0 Å². The van der Waals surface area contributed by atoms with Crippen LogP contribution in [0.4, 0.5) is 0 Å². The Labute approximate surface area is 125 Å². The molecule has 0 bridgehead atoms. The molecule has 3 nitrogen and oxygen atoms in total. The Morgan fingerprint density at radius 2 is 1.94 bits per heavy atom. The molecule has 2 atom stereocenters. The average Bonchev–Trinajstić information content (AvgIpc) is 2.67. The Hall–Kier alpha value is 0.190. The summed E-state index contributed by atoms with van der Waals surface area (Å²) in [6, 6.07) is 4.24. The first kappa shape index (κ1) is 14.6. The molecule has 18 heavy (non-hydrogen) atoms. The van der Waals surface area contributed by atoms with E-state index in [0.29, 0.717) is 5.02 Å². The highest BCUT2D eigenvalue weighted by atomic mass is 79.9. The van der Waals surface area contributed by atoms with Crippen LogP contribution < -0.4 is 4.72 Å². The molecule has 1 aromatic rings. The lowest BCUT2D eigenvalue weighted by Crippen LogP contribution is -2.37. The molecule has 2 rings (SSSR count). The lowest BCUT2D eigenvalue weighted by molar-refractivity contribution is 0.556. The van der Waals surface area contributed by atoms with Crippen molar-refractivity contribution in [3.05, 3.63) is 28.2 Å². The molecular weight excluding hydrogens is 361 g/mol. The number of alkyl halides is 1. The number of hydrogen-bond acceptors (Lipinski definition) is 2. The van der Waals surface area contributed by atoms with Gasteiger partial charge in [0.05, 0.1) is 14.9 Å². The predicted octanol–water partition coefficient (Wildman–Crippen LogP) is 3.59. The van der Waals surface area contributed by atoms with Gasteiger partial charge >= 0.3 is 0 Å². The highest BCUT2D eigenvalue weighted by Gasteiger charge is 2.29. The van der Waals surface area contributed by atoms with Crippen molar-refractivity contribution in [3.8, 4) is 0 Å². The molecule has 2 unspecified atom stereocenters. The van der Waals surface area contributed by atoms with E-state index in [9.17, 15) is 8.42 Å². The Morgan fingerprint density at radius 1 is 1.22 bits per heavy atom. The van der Waals surface area contributed by atoms with E-state index in [1.807, 2.05) is 0 Å². The first-order chi connectivity index (χ1) is 8.40. The largest absolute Gasteiger partial charge is 0.240 e. The second-order valence-corrected chi connectivity index (χ2v) is 7.96. The summed E-state index contributed by atoms with van der Waals surface area (Å²) in [7, 11) is -3.54. The summed E-state index contributed by atoms with van der Waals surface area (Å²) >= 11 is 15.1. The van der Waals surface area contributed by atoms with Crippen LogP contribution in [-0.2, 0) is 10.0 Å². The number of nitrogens with one attached hydrogen (secondary N) is 1. The smallest absolute Gasteiger partial charge is 0.207 e. The normalized spacial score (nSPS) is 24.4. The van der Waals surface area contributed by atoms with E-state index in [-0.39, 0.29) is 20.8 Å². The van der Waals surface area contributed by atoms with E-state index >= 15 is 0 Å². The van der Waals surface area contributed by atoms with Crippen molar-refractivity contribution in [2.45, 2.75) is 35.0 Å². The van der Waals surface area contributed by atoms with Gasteiger partial charge in [0, 0.05) is 10.9 Å². The third-order valence-corrected chi connectivity index (χ3v) is 6.26. The fourth-order valence-electron chi connectivity index (χ4n) is 1.96. The van der Waals surface area contributed by atoms with Crippen molar-refractivity contribution in [1.82, 2.24) is 4.72 Å². The van der Waals surface area contributed by atoms with Crippen LogP contribution >= 0.6 is 39.1 Å². The van der Waals surface area contributed by atoms with E-state index in [4.69, 9.17) is 23.2 Å². The van der Waals surface area contributed by atoms with Gasteiger partial charge in [-0.2, -0.15) is 0 Å². The minimum atomic E-state index is -3.54. The molecule has 1 N–H and O–H groups in total. The Bertz CT molecular complexity index is 550. The lowest BCUT2D eigenvalue weighted by atomic mass is 10.3. The van der Waals surface area contributed by atoms with E-state index < -0.39 is 10.0 Å². The summed E-state index contributed by atoms with van der Waals surface area (Å²) in [6.07, 6.45) is 2.84. The molecular formula is C11H12BrCl2NO2S. The fourth-order valence-corrected chi connectivity index (χ4v) is 4.55. The van der Waals surface area contributed by atoms with Crippen LogP contribution in [0.5, 0.6) is 0 Å². The summed E-state index contributed by atoms with van der Waals surface area (Å²) in [6.45, 7) is 0. The fraction of sp³-hybridized carbons (Fsp3) is 0.455. The van der Waals surface area contributed by atoms with Crippen LogP contribution in [-0.4, -0.2) is 19.3 Å². The Morgan fingerprint density at radius 3 is 2.50 bits per heavy atom. The summed E-state index contributed by atoms with van der Waals surface area (Å²) in [4.78, 5) is 0.332. The molecule has 1 fully saturated rings. The molecule has 0 spiro atoms. The number of rotatable bonds is 3. The van der Waals surface area contributed by atoms with Gasteiger partial charge in [0.15, 0.2) is 0 Å². The van der Waals surface area contributed by atoms with Crippen molar-refractivity contribution in [2.75, 3.05) is 0 Å². The maximum Gasteiger partial charge on any atom is 0.240 e. The average molecular weight is 373 g/mol. The second-order valence-electron chi connectivity index (χ2n) is 4.25. The van der Waals surface area contributed by atoms with Gasteiger partial charge in [0.2, 0.25) is 10.0 Å². The molecule has 0 radical (unpaired) electrons. The van der Waals surface area contributed by atoms with Crippen LogP contribution in [0.1, 0.15) is 19.3 Å². The van der Waals surface area contributed by atoms with E-state index in [2.05, 4.69) is 20.7 Å². The van der Waals surface area contributed by atoms with Gasteiger partial charge < -0.3 is 0 Å². The Kier molecular flexibility index (Phi) is 4.60. The molecule has 1 saturated carbocycles. The highest BCUT2D eigenvalue weighted by Crippen LogP contribution is 2.28. The zero-order valence-corrected chi connectivity index (χ0v) is 13.3. The molecule has 1 aliphatic rings. The van der Waals surface area contributed by atoms with E-state index in [0.717, 1.165) is 19.3 Å². The van der Waals surface area contributed by atoms with Crippen LogP contribution in [0.2, 0.25) is 10.0 Å². The molecule has 0 aromatic heterocycles. The van der Waals surface area contributed by atoms with Crippen molar-refractivity contribution in [2.24, 2.45) is 0 Å². The first-order valence-electron chi connectivity index (χ1n) is 5.51. The maximum atomic E-state index is 12.2. The van der Waals surface area contributed by atoms with Crippen LogP contribution in [0, 0.1) is 0 Å². The van der Waals surface area contributed by atoms with Crippen molar-refractivity contribution in [3.63, 3.8) is 0 Å². The highest BCUT2D eigenvalue weighted by molar-refractivity contribution is 9.09. The minimum absolute atomic E-state index is 0.0653.